The molecule has 6 nitrogen and oxygen atoms in total. The van der Waals surface area contributed by atoms with E-state index < -0.39 is 0 Å². The third-order valence-corrected chi connectivity index (χ3v) is 4.53. The maximum atomic E-state index is 5.45. The fraction of sp³-hybridized carbons (Fsp3) is 0.615. The largest absolute Gasteiger partial charge is 0.379 e. The molecule has 20 heavy (non-hydrogen) atoms. The molecule has 0 saturated carbocycles. The minimum atomic E-state index is 0.442. The Bertz CT molecular complexity index is 567. The Labute approximate surface area is 122 Å². The second kappa shape index (κ2) is 5.99. The summed E-state index contributed by atoms with van der Waals surface area (Å²) in [5.74, 6) is 0. The zero-order chi connectivity index (χ0) is 13.9. The highest BCUT2D eigenvalue weighted by Crippen LogP contribution is 2.14. The van der Waals surface area contributed by atoms with Gasteiger partial charge in [0.15, 0.2) is 0 Å². The lowest BCUT2D eigenvalue weighted by molar-refractivity contribution is -0.00492. The number of thiazole rings is 1. The SMILES string of the molecule is Cc1ncsc1Cn1cc(CN2CCOC[C@H]2C)nn1. The first-order chi connectivity index (χ1) is 9.72. The highest BCUT2D eigenvalue weighted by molar-refractivity contribution is 7.09. The van der Waals surface area contributed by atoms with Gasteiger partial charge in [0, 0.05) is 24.0 Å². The van der Waals surface area contributed by atoms with Gasteiger partial charge in [-0.3, -0.25) is 4.90 Å². The monoisotopic (exact) mass is 293 g/mol. The van der Waals surface area contributed by atoms with E-state index in [4.69, 9.17) is 4.74 Å². The predicted octanol–water partition coefficient (Wildman–Crippen LogP) is 1.31. The molecule has 2 aromatic heterocycles. The maximum Gasteiger partial charge on any atom is 0.0967 e. The Kier molecular flexibility index (Phi) is 4.09. The number of nitrogens with zero attached hydrogens (tertiary/aromatic N) is 5. The van der Waals surface area contributed by atoms with Crippen LogP contribution in [-0.2, 0) is 17.8 Å². The molecular weight excluding hydrogens is 274 g/mol. The highest BCUT2D eigenvalue weighted by Gasteiger charge is 2.19. The number of aryl methyl sites for hydroxylation is 1. The molecule has 1 saturated heterocycles. The van der Waals surface area contributed by atoms with Crippen molar-refractivity contribution in [1.29, 1.82) is 0 Å². The van der Waals surface area contributed by atoms with E-state index in [9.17, 15) is 0 Å². The van der Waals surface area contributed by atoms with Crippen molar-refractivity contribution in [3.63, 3.8) is 0 Å². The number of morpholine rings is 1. The first-order valence-corrected chi connectivity index (χ1v) is 7.70. The van der Waals surface area contributed by atoms with Crippen LogP contribution in [0.25, 0.3) is 0 Å². The molecule has 7 heteroatoms. The highest BCUT2D eigenvalue weighted by atomic mass is 32.1. The van der Waals surface area contributed by atoms with Crippen molar-refractivity contribution >= 4 is 11.3 Å². The molecule has 3 rings (SSSR count). The van der Waals surface area contributed by atoms with Crippen molar-refractivity contribution < 1.29 is 4.74 Å². The van der Waals surface area contributed by atoms with Crippen LogP contribution in [-0.4, -0.2) is 50.7 Å². The quantitative estimate of drug-likeness (QED) is 0.851. The Morgan fingerprint density at radius 3 is 3.10 bits per heavy atom. The fourth-order valence-corrected chi connectivity index (χ4v) is 3.09. The number of hydrogen-bond acceptors (Lipinski definition) is 6. The first kappa shape index (κ1) is 13.7. The molecular formula is C13H19N5OS. The molecule has 0 aromatic carbocycles. The second-order valence-corrected chi connectivity index (χ2v) is 6.10. The van der Waals surface area contributed by atoms with Gasteiger partial charge < -0.3 is 4.74 Å². The summed E-state index contributed by atoms with van der Waals surface area (Å²) in [6.07, 6.45) is 2.03. The summed E-state index contributed by atoms with van der Waals surface area (Å²) in [5.41, 5.74) is 3.97. The van der Waals surface area contributed by atoms with Crippen molar-refractivity contribution in [2.24, 2.45) is 0 Å². The molecule has 3 heterocycles. The van der Waals surface area contributed by atoms with E-state index in [0.717, 1.165) is 44.2 Å². The normalized spacial score (nSPS) is 20.4. The lowest BCUT2D eigenvalue weighted by Gasteiger charge is -2.32. The van der Waals surface area contributed by atoms with Gasteiger partial charge in [0.2, 0.25) is 0 Å². The topological polar surface area (TPSA) is 56.1 Å². The molecule has 1 fully saturated rings. The van der Waals surface area contributed by atoms with E-state index in [1.54, 1.807) is 11.3 Å². The summed E-state index contributed by atoms with van der Waals surface area (Å²) in [7, 11) is 0. The van der Waals surface area contributed by atoms with E-state index in [-0.39, 0.29) is 0 Å². The van der Waals surface area contributed by atoms with Crippen LogP contribution in [0.15, 0.2) is 11.7 Å². The van der Waals surface area contributed by atoms with Gasteiger partial charge in [-0.15, -0.1) is 16.4 Å². The van der Waals surface area contributed by atoms with Crippen molar-refractivity contribution in [2.45, 2.75) is 33.0 Å². The average molecular weight is 293 g/mol. The zero-order valence-electron chi connectivity index (χ0n) is 11.8. The Hall–Kier alpha value is -1.31. The minimum absolute atomic E-state index is 0.442. The summed E-state index contributed by atoms with van der Waals surface area (Å²) < 4.78 is 7.34. The Balaban J connectivity index is 1.63. The van der Waals surface area contributed by atoms with E-state index in [1.165, 1.54) is 4.88 Å². The maximum absolute atomic E-state index is 5.45. The van der Waals surface area contributed by atoms with E-state index in [2.05, 4.69) is 27.1 Å². The average Bonchev–Trinajstić information content (AvgIpc) is 3.03. The molecule has 1 aliphatic rings. The van der Waals surface area contributed by atoms with Crippen molar-refractivity contribution in [1.82, 2.24) is 24.9 Å². The lowest BCUT2D eigenvalue weighted by atomic mass is 10.2. The van der Waals surface area contributed by atoms with Gasteiger partial charge in [-0.05, 0) is 13.8 Å². The molecule has 0 N–H and O–H groups in total. The van der Waals surface area contributed by atoms with Gasteiger partial charge in [0.25, 0.3) is 0 Å². The van der Waals surface area contributed by atoms with Crippen LogP contribution < -0.4 is 0 Å². The van der Waals surface area contributed by atoms with Crippen LogP contribution in [0.3, 0.4) is 0 Å². The molecule has 0 radical (unpaired) electrons. The van der Waals surface area contributed by atoms with Gasteiger partial charge in [0.05, 0.1) is 42.9 Å². The molecule has 0 bridgehead atoms. The summed E-state index contributed by atoms with van der Waals surface area (Å²) in [6, 6.07) is 0.442. The molecule has 0 spiro atoms. The number of aromatic nitrogens is 4. The Morgan fingerprint density at radius 2 is 2.35 bits per heavy atom. The third kappa shape index (κ3) is 3.05. The third-order valence-electron chi connectivity index (χ3n) is 3.61. The molecule has 0 amide bonds. The van der Waals surface area contributed by atoms with Crippen LogP contribution in [0.4, 0.5) is 0 Å². The van der Waals surface area contributed by atoms with E-state index in [0.29, 0.717) is 6.04 Å². The zero-order valence-corrected chi connectivity index (χ0v) is 12.6. The molecule has 1 aliphatic heterocycles. The molecule has 2 aromatic rings. The summed E-state index contributed by atoms with van der Waals surface area (Å²) in [4.78, 5) is 7.88. The fourth-order valence-electron chi connectivity index (χ4n) is 2.32. The van der Waals surface area contributed by atoms with Gasteiger partial charge in [-0.1, -0.05) is 5.21 Å². The van der Waals surface area contributed by atoms with E-state index in [1.807, 2.05) is 23.3 Å². The molecule has 0 unspecified atom stereocenters. The number of hydrogen-bond donors (Lipinski definition) is 0. The van der Waals surface area contributed by atoms with Crippen LogP contribution in [0.1, 0.15) is 23.2 Å². The standard InChI is InChI=1S/C13H19N5OS/c1-10-8-19-4-3-17(10)5-12-6-18(16-15-12)7-13-11(2)14-9-20-13/h6,9-10H,3-5,7-8H2,1-2H3/t10-/m1/s1. The minimum Gasteiger partial charge on any atom is -0.379 e. The lowest BCUT2D eigenvalue weighted by Crippen LogP contribution is -2.42. The summed E-state index contributed by atoms with van der Waals surface area (Å²) >= 11 is 1.66. The van der Waals surface area contributed by atoms with Gasteiger partial charge in [-0.25, -0.2) is 9.67 Å². The molecule has 0 aliphatic carbocycles. The van der Waals surface area contributed by atoms with Crippen LogP contribution in [0.5, 0.6) is 0 Å². The van der Waals surface area contributed by atoms with Crippen LogP contribution in [0.2, 0.25) is 0 Å². The number of rotatable bonds is 4. The smallest absolute Gasteiger partial charge is 0.0967 e. The van der Waals surface area contributed by atoms with Crippen molar-refractivity contribution in [3.05, 3.63) is 28.0 Å². The first-order valence-electron chi connectivity index (χ1n) is 6.82. The van der Waals surface area contributed by atoms with Crippen molar-refractivity contribution in [2.75, 3.05) is 19.8 Å². The van der Waals surface area contributed by atoms with Crippen LogP contribution >= 0.6 is 11.3 Å². The van der Waals surface area contributed by atoms with Gasteiger partial charge in [-0.2, -0.15) is 0 Å². The number of ether oxygens (including phenoxy) is 1. The molecule has 1 atom stereocenters. The van der Waals surface area contributed by atoms with E-state index >= 15 is 0 Å². The second-order valence-electron chi connectivity index (χ2n) is 5.16. The van der Waals surface area contributed by atoms with Crippen molar-refractivity contribution in [3.8, 4) is 0 Å². The Morgan fingerprint density at radius 1 is 1.45 bits per heavy atom. The van der Waals surface area contributed by atoms with Crippen LogP contribution in [0, 0.1) is 6.92 Å². The van der Waals surface area contributed by atoms with Gasteiger partial charge in [0.1, 0.15) is 0 Å². The molecule has 108 valence electrons. The predicted molar refractivity (Wildman–Crippen MR) is 76.7 cm³/mol. The van der Waals surface area contributed by atoms with Gasteiger partial charge >= 0.3 is 0 Å². The summed E-state index contributed by atoms with van der Waals surface area (Å²) in [6.45, 7) is 8.37. The summed E-state index contributed by atoms with van der Waals surface area (Å²) in [5, 5.41) is 8.48.